The summed E-state index contributed by atoms with van der Waals surface area (Å²) in [5, 5.41) is 33.9. The molecule has 0 saturated carbocycles. The predicted octanol–water partition coefficient (Wildman–Crippen LogP) is -4.70. The number of nitrogens with two attached hydrogens (primary N) is 3. The molecule has 15 nitrogen and oxygen atoms in total. The largest absolute Gasteiger partial charge is 0.481 e. The maximum absolute atomic E-state index is 12.3. The van der Waals surface area contributed by atoms with Crippen molar-refractivity contribution in [2.75, 3.05) is 18.9 Å². The summed E-state index contributed by atoms with van der Waals surface area (Å²) in [5.74, 6) is -5.91. The number of aliphatic imine (C=N–C) groups is 1. The number of carboxylic acids is 2. The molecule has 0 fully saturated rings. The molecule has 0 radical (unpaired) electrons. The second kappa shape index (κ2) is 14.8. The monoisotopic (exact) mass is 479 g/mol. The van der Waals surface area contributed by atoms with Crippen molar-refractivity contribution < 1.29 is 39.3 Å². The van der Waals surface area contributed by atoms with Gasteiger partial charge in [0.25, 0.3) is 0 Å². The molecule has 0 aliphatic heterocycles. The number of carbonyl (C=O) groups excluding carboxylic acids is 3. The summed E-state index contributed by atoms with van der Waals surface area (Å²) in [6.45, 7) is -0.737. The van der Waals surface area contributed by atoms with Crippen molar-refractivity contribution in [2.24, 2.45) is 22.2 Å². The molecule has 0 aliphatic rings. The van der Waals surface area contributed by atoms with Crippen LogP contribution in [0.15, 0.2) is 4.99 Å². The SMILES string of the molecule is NC(N)=NCCCC(NC(=O)C(CO)NC(=O)C(CS)NC(=O)C(N)CC(=O)O)C(=O)O. The highest BCUT2D eigenvalue weighted by atomic mass is 32.1. The van der Waals surface area contributed by atoms with Gasteiger partial charge in [-0.2, -0.15) is 12.6 Å². The van der Waals surface area contributed by atoms with Crippen molar-refractivity contribution in [3.05, 3.63) is 0 Å². The highest BCUT2D eigenvalue weighted by Gasteiger charge is 2.29. The Morgan fingerprint density at radius 1 is 0.906 bits per heavy atom. The molecular weight excluding hydrogens is 450 g/mol. The molecule has 0 bridgehead atoms. The lowest BCUT2D eigenvalue weighted by molar-refractivity contribution is -0.142. The molecule has 0 spiro atoms. The van der Waals surface area contributed by atoms with Crippen LogP contribution in [-0.4, -0.2) is 94.0 Å². The molecule has 12 N–H and O–H groups in total. The molecule has 32 heavy (non-hydrogen) atoms. The summed E-state index contributed by atoms with van der Waals surface area (Å²) in [7, 11) is 0. The number of amides is 3. The van der Waals surface area contributed by atoms with Crippen molar-refractivity contribution >= 4 is 48.2 Å². The van der Waals surface area contributed by atoms with Gasteiger partial charge in [0.1, 0.15) is 18.1 Å². The van der Waals surface area contributed by atoms with Crippen molar-refractivity contribution in [3.63, 3.8) is 0 Å². The van der Waals surface area contributed by atoms with Gasteiger partial charge in [-0.25, -0.2) is 4.79 Å². The van der Waals surface area contributed by atoms with E-state index in [0.717, 1.165) is 0 Å². The van der Waals surface area contributed by atoms with Crippen LogP contribution in [0.1, 0.15) is 19.3 Å². The summed E-state index contributed by atoms with van der Waals surface area (Å²) >= 11 is 3.91. The molecule has 0 aliphatic carbocycles. The van der Waals surface area contributed by atoms with Crippen LogP contribution in [0.4, 0.5) is 0 Å². The van der Waals surface area contributed by atoms with Gasteiger partial charge >= 0.3 is 11.9 Å². The zero-order valence-corrected chi connectivity index (χ0v) is 18.0. The highest BCUT2D eigenvalue weighted by Crippen LogP contribution is 2.01. The fourth-order valence-electron chi connectivity index (χ4n) is 2.25. The van der Waals surface area contributed by atoms with Gasteiger partial charge in [0.05, 0.1) is 19.1 Å². The smallest absolute Gasteiger partial charge is 0.326 e. The van der Waals surface area contributed by atoms with Crippen molar-refractivity contribution in [1.82, 2.24) is 16.0 Å². The van der Waals surface area contributed by atoms with Crippen LogP contribution in [0.5, 0.6) is 0 Å². The number of carbonyl (C=O) groups is 5. The number of hydrogen-bond acceptors (Lipinski definition) is 9. The number of aliphatic carboxylic acids is 2. The van der Waals surface area contributed by atoms with E-state index < -0.39 is 66.9 Å². The van der Waals surface area contributed by atoms with Crippen molar-refractivity contribution in [1.29, 1.82) is 0 Å². The van der Waals surface area contributed by atoms with Gasteiger partial charge in [0.15, 0.2) is 5.96 Å². The van der Waals surface area contributed by atoms with Crippen LogP contribution >= 0.6 is 12.6 Å². The maximum Gasteiger partial charge on any atom is 0.326 e. The van der Waals surface area contributed by atoms with Gasteiger partial charge in [0, 0.05) is 12.3 Å². The predicted molar refractivity (Wildman–Crippen MR) is 115 cm³/mol. The Labute approximate surface area is 188 Å². The van der Waals surface area contributed by atoms with Crippen LogP contribution in [0.3, 0.4) is 0 Å². The van der Waals surface area contributed by atoms with Gasteiger partial charge < -0.3 is 48.5 Å². The van der Waals surface area contributed by atoms with E-state index in [2.05, 4.69) is 33.6 Å². The van der Waals surface area contributed by atoms with Gasteiger partial charge in [0.2, 0.25) is 17.7 Å². The first-order valence-corrected chi connectivity index (χ1v) is 9.94. The lowest BCUT2D eigenvalue weighted by atomic mass is 10.1. The van der Waals surface area contributed by atoms with E-state index >= 15 is 0 Å². The number of guanidine groups is 1. The van der Waals surface area contributed by atoms with E-state index in [0.29, 0.717) is 0 Å². The van der Waals surface area contributed by atoms with E-state index in [1.807, 2.05) is 0 Å². The molecule has 4 atom stereocenters. The first-order valence-electron chi connectivity index (χ1n) is 9.31. The average Bonchev–Trinajstić information content (AvgIpc) is 2.70. The summed E-state index contributed by atoms with van der Waals surface area (Å²) in [5.41, 5.74) is 15.7. The Bertz CT molecular complexity index is 717. The molecule has 16 heteroatoms. The molecule has 0 aromatic rings. The Morgan fingerprint density at radius 3 is 1.91 bits per heavy atom. The third kappa shape index (κ3) is 11.3. The summed E-state index contributed by atoms with van der Waals surface area (Å²) in [6, 6.07) is -5.59. The highest BCUT2D eigenvalue weighted by molar-refractivity contribution is 7.80. The summed E-state index contributed by atoms with van der Waals surface area (Å²) in [4.78, 5) is 62.2. The number of thiol groups is 1. The van der Waals surface area contributed by atoms with E-state index in [4.69, 9.17) is 22.3 Å². The lowest BCUT2D eigenvalue weighted by Crippen LogP contribution is -2.58. The Balaban J connectivity index is 4.97. The van der Waals surface area contributed by atoms with Gasteiger partial charge in [-0.3, -0.25) is 24.2 Å². The number of aliphatic hydroxyl groups is 1. The quantitative estimate of drug-likeness (QED) is 0.0461. The Morgan fingerprint density at radius 2 is 1.44 bits per heavy atom. The van der Waals surface area contributed by atoms with Gasteiger partial charge in [-0.15, -0.1) is 0 Å². The van der Waals surface area contributed by atoms with Crippen LogP contribution in [0.2, 0.25) is 0 Å². The summed E-state index contributed by atoms with van der Waals surface area (Å²) in [6.07, 6.45) is -0.468. The fraction of sp³-hybridized carbons (Fsp3) is 0.625. The number of hydrogen-bond donors (Lipinski definition) is 10. The number of nitrogens with zero attached hydrogens (tertiary/aromatic N) is 1. The molecule has 0 aromatic carbocycles. The summed E-state index contributed by atoms with van der Waals surface area (Å²) < 4.78 is 0. The van der Waals surface area contributed by atoms with E-state index in [9.17, 15) is 34.2 Å². The zero-order chi connectivity index (χ0) is 24.8. The first-order chi connectivity index (χ1) is 14.9. The lowest BCUT2D eigenvalue weighted by Gasteiger charge is -2.23. The second-order valence-electron chi connectivity index (χ2n) is 6.54. The normalized spacial score (nSPS) is 14.2. The number of aliphatic hydroxyl groups excluding tert-OH is 1. The van der Waals surface area contributed by atoms with E-state index in [1.54, 1.807) is 0 Å². The number of nitrogens with one attached hydrogen (secondary N) is 3. The molecule has 182 valence electrons. The third-order valence-electron chi connectivity index (χ3n) is 3.92. The maximum atomic E-state index is 12.3. The topological polar surface area (TPSA) is 273 Å². The number of rotatable bonds is 15. The van der Waals surface area contributed by atoms with Crippen LogP contribution in [0, 0.1) is 0 Å². The molecule has 0 heterocycles. The van der Waals surface area contributed by atoms with E-state index in [1.165, 1.54) is 0 Å². The molecular formula is C16H29N7O8S. The van der Waals surface area contributed by atoms with Crippen molar-refractivity contribution in [3.8, 4) is 0 Å². The molecule has 3 amide bonds. The first kappa shape index (κ1) is 28.9. The standard InChI is InChI=1S/C16H29N7O8S/c17-7(4-11(25)26)12(27)23-10(6-32)14(29)22-9(5-24)13(28)21-8(15(30)31)2-1-3-20-16(18)19/h7-10,24,32H,1-6,17H2,(H,21,28)(H,22,29)(H,23,27)(H,25,26)(H,30,31)(H4,18,19,20). The van der Waals surface area contributed by atoms with Gasteiger partial charge in [-0.1, -0.05) is 0 Å². The second-order valence-corrected chi connectivity index (χ2v) is 6.91. The van der Waals surface area contributed by atoms with Gasteiger partial charge in [-0.05, 0) is 12.8 Å². The average molecular weight is 480 g/mol. The minimum atomic E-state index is -1.53. The zero-order valence-electron chi connectivity index (χ0n) is 17.1. The molecule has 0 rings (SSSR count). The van der Waals surface area contributed by atoms with Crippen LogP contribution in [-0.2, 0) is 24.0 Å². The van der Waals surface area contributed by atoms with E-state index in [-0.39, 0.29) is 31.1 Å². The minimum absolute atomic E-state index is 0.0270. The van der Waals surface area contributed by atoms with Crippen molar-refractivity contribution in [2.45, 2.75) is 43.4 Å². The Hall–Kier alpha value is -3.11. The number of carboxylic acid groups (broad SMARTS) is 2. The Kier molecular flexibility index (Phi) is 13.4. The molecule has 0 saturated heterocycles. The van der Waals surface area contributed by atoms with Crippen LogP contribution in [0.25, 0.3) is 0 Å². The van der Waals surface area contributed by atoms with Crippen LogP contribution < -0.4 is 33.2 Å². The third-order valence-corrected chi connectivity index (χ3v) is 4.29. The molecule has 4 unspecified atom stereocenters. The molecule has 0 aromatic heterocycles. The fourth-order valence-corrected chi connectivity index (χ4v) is 2.51. The minimum Gasteiger partial charge on any atom is -0.481 e.